The van der Waals surface area contributed by atoms with Crippen molar-refractivity contribution in [1.29, 1.82) is 0 Å². The Morgan fingerprint density at radius 2 is 1.94 bits per heavy atom. The van der Waals surface area contributed by atoms with Gasteiger partial charge in [-0.25, -0.2) is 18.1 Å². The van der Waals surface area contributed by atoms with Crippen LogP contribution in [0.5, 0.6) is 0 Å². The second kappa shape index (κ2) is 4.76. The number of hydrogen-bond donors (Lipinski definition) is 1. The van der Waals surface area contributed by atoms with Gasteiger partial charge in [0.1, 0.15) is 4.90 Å². The lowest BCUT2D eigenvalue weighted by molar-refractivity contribution is 0.600. The van der Waals surface area contributed by atoms with Gasteiger partial charge in [-0.2, -0.15) is 5.10 Å². The van der Waals surface area contributed by atoms with Crippen LogP contribution in [0.4, 0.5) is 5.95 Å². The van der Waals surface area contributed by atoms with Gasteiger partial charge >= 0.3 is 0 Å². The van der Waals surface area contributed by atoms with Crippen LogP contribution in [-0.2, 0) is 10.0 Å². The number of benzene rings is 1. The summed E-state index contributed by atoms with van der Waals surface area (Å²) in [5.74, 6) is -0.0664. The summed E-state index contributed by atoms with van der Waals surface area (Å²) in [5, 5.41) is 7.09. The molecule has 0 saturated heterocycles. The molecule has 0 saturated carbocycles. The van der Waals surface area contributed by atoms with Gasteiger partial charge < -0.3 is 0 Å². The van der Waals surface area contributed by atoms with Gasteiger partial charge in [0.05, 0.1) is 12.4 Å². The highest BCUT2D eigenvalue weighted by atomic mass is 79.9. The van der Waals surface area contributed by atoms with E-state index in [2.05, 4.69) is 35.8 Å². The first kappa shape index (κ1) is 11.9. The van der Waals surface area contributed by atoms with Gasteiger partial charge in [0.2, 0.25) is 0 Å². The van der Waals surface area contributed by atoms with Crippen LogP contribution in [0.1, 0.15) is 0 Å². The third-order valence-corrected chi connectivity index (χ3v) is 4.17. The molecule has 1 aromatic heterocycles. The quantitative estimate of drug-likeness (QED) is 0.926. The second-order valence-corrected chi connectivity index (χ2v) is 5.51. The molecule has 0 atom stereocenters. The topological polar surface area (TPSA) is 84.8 Å². The standard InChI is InChI=1S/C9H7BrN4O2S/c10-7-3-1-2-4-8(7)17(15,16)14-9-11-5-6-12-13-9/h1-6H,(H,11,13,14). The smallest absolute Gasteiger partial charge is 0.246 e. The Hall–Kier alpha value is -1.54. The van der Waals surface area contributed by atoms with E-state index in [0.29, 0.717) is 4.47 Å². The third-order valence-electron chi connectivity index (χ3n) is 1.83. The summed E-state index contributed by atoms with van der Waals surface area (Å²) in [6, 6.07) is 6.47. The van der Waals surface area contributed by atoms with Crippen LogP contribution in [0.15, 0.2) is 46.0 Å². The molecule has 1 heterocycles. The van der Waals surface area contributed by atoms with Gasteiger partial charge in [0, 0.05) is 4.47 Å². The highest BCUT2D eigenvalue weighted by Crippen LogP contribution is 2.22. The van der Waals surface area contributed by atoms with Gasteiger partial charge in [0.15, 0.2) is 0 Å². The third kappa shape index (κ3) is 2.77. The number of anilines is 1. The lowest BCUT2D eigenvalue weighted by Crippen LogP contribution is -2.15. The molecule has 2 rings (SSSR count). The molecule has 0 fully saturated rings. The molecule has 1 N–H and O–H groups in total. The average Bonchev–Trinajstić information content (AvgIpc) is 2.30. The Morgan fingerprint density at radius 1 is 1.18 bits per heavy atom. The summed E-state index contributed by atoms with van der Waals surface area (Å²) in [6.45, 7) is 0. The molecular weight excluding hydrogens is 308 g/mol. The molecule has 0 spiro atoms. The van der Waals surface area contributed by atoms with Crippen molar-refractivity contribution in [2.75, 3.05) is 4.72 Å². The molecule has 0 bridgehead atoms. The number of aromatic nitrogens is 3. The second-order valence-electron chi connectivity index (χ2n) is 3.00. The average molecular weight is 315 g/mol. The van der Waals surface area contributed by atoms with Crippen LogP contribution in [0.3, 0.4) is 0 Å². The maximum atomic E-state index is 12.0. The Labute approximate surface area is 106 Å². The summed E-state index contributed by atoms with van der Waals surface area (Å²) >= 11 is 3.17. The molecule has 88 valence electrons. The zero-order chi connectivity index (χ0) is 12.3. The zero-order valence-electron chi connectivity index (χ0n) is 8.41. The fraction of sp³-hybridized carbons (Fsp3) is 0. The molecule has 2 aromatic rings. The SMILES string of the molecule is O=S(=O)(Nc1nccnn1)c1ccccc1Br. The van der Waals surface area contributed by atoms with Crippen LogP contribution in [0, 0.1) is 0 Å². The van der Waals surface area contributed by atoms with Crippen molar-refractivity contribution in [3.63, 3.8) is 0 Å². The van der Waals surface area contributed by atoms with Gasteiger partial charge in [0.25, 0.3) is 16.0 Å². The fourth-order valence-electron chi connectivity index (χ4n) is 1.13. The Bertz CT molecular complexity index is 618. The molecule has 0 aliphatic carbocycles. The van der Waals surface area contributed by atoms with Crippen molar-refractivity contribution >= 4 is 31.9 Å². The molecule has 8 heteroatoms. The van der Waals surface area contributed by atoms with E-state index in [9.17, 15) is 8.42 Å². The Kier molecular flexibility index (Phi) is 3.34. The van der Waals surface area contributed by atoms with E-state index in [1.165, 1.54) is 18.5 Å². The molecule has 0 unspecified atom stereocenters. The highest BCUT2D eigenvalue weighted by molar-refractivity contribution is 9.10. The summed E-state index contributed by atoms with van der Waals surface area (Å²) in [4.78, 5) is 3.86. The minimum atomic E-state index is -3.71. The zero-order valence-corrected chi connectivity index (χ0v) is 10.8. The molecule has 17 heavy (non-hydrogen) atoms. The molecular formula is C9H7BrN4O2S. The predicted octanol–water partition coefficient (Wildman–Crippen LogP) is 1.43. The van der Waals surface area contributed by atoms with Crippen LogP contribution in [-0.4, -0.2) is 23.6 Å². The van der Waals surface area contributed by atoms with E-state index >= 15 is 0 Å². The van der Waals surface area contributed by atoms with Crippen molar-refractivity contribution < 1.29 is 8.42 Å². The molecule has 0 aliphatic rings. The lowest BCUT2D eigenvalue weighted by atomic mass is 10.4. The highest BCUT2D eigenvalue weighted by Gasteiger charge is 2.18. The normalized spacial score (nSPS) is 11.1. The summed E-state index contributed by atoms with van der Waals surface area (Å²) in [5.41, 5.74) is 0. The first-order valence-corrected chi connectivity index (χ1v) is 6.78. The van der Waals surface area contributed by atoms with E-state index < -0.39 is 10.0 Å². The lowest BCUT2D eigenvalue weighted by Gasteiger charge is -2.06. The summed E-state index contributed by atoms with van der Waals surface area (Å²) < 4.78 is 26.6. The number of hydrogen-bond acceptors (Lipinski definition) is 5. The Balaban J connectivity index is 2.36. The van der Waals surface area contributed by atoms with Crippen molar-refractivity contribution in [2.45, 2.75) is 4.90 Å². The van der Waals surface area contributed by atoms with Gasteiger partial charge in [-0.15, -0.1) is 5.10 Å². The summed E-state index contributed by atoms with van der Waals surface area (Å²) in [7, 11) is -3.71. The van der Waals surface area contributed by atoms with Crippen LogP contribution >= 0.6 is 15.9 Å². The first-order valence-electron chi connectivity index (χ1n) is 4.50. The molecule has 6 nitrogen and oxygen atoms in total. The summed E-state index contributed by atoms with van der Waals surface area (Å²) in [6.07, 6.45) is 2.71. The van der Waals surface area contributed by atoms with Crippen LogP contribution in [0.2, 0.25) is 0 Å². The van der Waals surface area contributed by atoms with Crippen molar-refractivity contribution in [3.8, 4) is 0 Å². The van der Waals surface area contributed by atoms with E-state index in [4.69, 9.17) is 0 Å². The number of halogens is 1. The van der Waals surface area contributed by atoms with Gasteiger partial charge in [-0.05, 0) is 28.1 Å². The molecule has 0 aliphatic heterocycles. The number of sulfonamides is 1. The number of nitrogens with zero attached hydrogens (tertiary/aromatic N) is 3. The van der Waals surface area contributed by atoms with Crippen molar-refractivity contribution in [1.82, 2.24) is 15.2 Å². The van der Waals surface area contributed by atoms with Crippen LogP contribution < -0.4 is 4.72 Å². The number of nitrogens with one attached hydrogen (secondary N) is 1. The first-order chi connectivity index (χ1) is 8.09. The van der Waals surface area contributed by atoms with E-state index in [-0.39, 0.29) is 10.8 Å². The van der Waals surface area contributed by atoms with Gasteiger partial charge in [-0.1, -0.05) is 12.1 Å². The molecule has 0 amide bonds. The maximum absolute atomic E-state index is 12.0. The predicted molar refractivity (Wildman–Crippen MR) is 64.8 cm³/mol. The van der Waals surface area contributed by atoms with Gasteiger partial charge in [-0.3, -0.25) is 0 Å². The minimum absolute atomic E-state index is 0.0664. The van der Waals surface area contributed by atoms with E-state index in [1.54, 1.807) is 18.2 Å². The number of rotatable bonds is 3. The van der Waals surface area contributed by atoms with Crippen molar-refractivity contribution in [3.05, 3.63) is 41.1 Å². The maximum Gasteiger partial charge on any atom is 0.265 e. The van der Waals surface area contributed by atoms with E-state index in [0.717, 1.165) is 0 Å². The van der Waals surface area contributed by atoms with E-state index in [1.807, 2.05) is 0 Å². The van der Waals surface area contributed by atoms with Crippen molar-refractivity contribution in [2.24, 2.45) is 0 Å². The molecule has 1 aromatic carbocycles. The molecule has 0 radical (unpaired) electrons. The monoisotopic (exact) mass is 314 g/mol. The minimum Gasteiger partial charge on any atom is -0.246 e. The largest absolute Gasteiger partial charge is 0.265 e. The Morgan fingerprint density at radius 3 is 2.59 bits per heavy atom. The van der Waals surface area contributed by atoms with Crippen LogP contribution in [0.25, 0.3) is 0 Å². The fourth-order valence-corrected chi connectivity index (χ4v) is 3.08.